The first kappa shape index (κ1) is 31.1. The summed E-state index contributed by atoms with van der Waals surface area (Å²) in [6.07, 6.45) is 3.39. The van der Waals surface area contributed by atoms with Gasteiger partial charge in [-0.3, -0.25) is 0 Å². The standard InChI is InChI=1S/C34H45FN2O6/c1-9-19(2)31(36-16-24-12-23(36)17-37(24)33(39)43-34(5,6)41-8)27-15-28(22-10-11-22)30(32(38)21(27)4)26-13-25(42-18-40-7)14-29(35)20(26)3/h13-15,22-24,38H,9-12,16-18H2,1-8H3/t23?,24-/m0/s1. The molecule has 2 atom stereocenters. The Bertz CT molecular complexity index is 1430. The number of phenols is 1. The first-order valence-corrected chi connectivity index (χ1v) is 15.2. The van der Waals surface area contributed by atoms with E-state index in [1.807, 2.05) is 11.8 Å². The van der Waals surface area contributed by atoms with Crippen LogP contribution in [0.3, 0.4) is 0 Å². The molecular formula is C34H45FN2O6. The Hall–Kier alpha value is -3.30. The molecule has 1 aliphatic carbocycles. The predicted molar refractivity (Wildman–Crippen MR) is 164 cm³/mol. The minimum atomic E-state index is -0.991. The molecule has 1 saturated carbocycles. The van der Waals surface area contributed by atoms with Crippen LogP contribution in [0.5, 0.6) is 11.5 Å². The van der Waals surface area contributed by atoms with E-state index >= 15 is 4.39 Å². The molecule has 1 unspecified atom stereocenters. The van der Waals surface area contributed by atoms with Gasteiger partial charge in [0.2, 0.25) is 5.79 Å². The third kappa shape index (κ3) is 5.94. The molecular weight excluding hydrogens is 551 g/mol. The van der Waals surface area contributed by atoms with Crippen LogP contribution >= 0.6 is 0 Å². The molecule has 2 bridgehead atoms. The normalized spacial score (nSPS) is 20.5. The SMILES string of the molecule is CCC(C)=C(c1cc(C2CC2)c(-c2cc(OCOC)cc(F)c2C)c(O)c1C)N1C[C@@H]2CC1CN2C(=O)OC(C)(C)OC. The summed E-state index contributed by atoms with van der Waals surface area (Å²) in [5.41, 5.74) is 6.89. The lowest BCUT2D eigenvalue weighted by molar-refractivity contribution is -0.164. The number of carbonyl (C=O) groups is 1. The van der Waals surface area contributed by atoms with Crippen molar-refractivity contribution in [2.75, 3.05) is 34.1 Å². The summed E-state index contributed by atoms with van der Waals surface area (Å²) in [5.74, 6) is -0.564. The minimum Gasteiger partial charge on any atom is -0.507 e. The van der Waals surface area contributed by atoms with Crippen molar-refractivity contribution in [3.05, 3.63) is 51.8 Å². The number of hydrogen-bond acceptors (Lipinski definition) is 7. The lowest BCUT2D eigenvalue weighted by Gasteiger charge is -2.39. The Morgan fingerprint density at radius 3 is 2.33 bits per heavy atom. The van der Waals surface area contributed by atoms with Gasteiger partial charge in [-0.05, 0) is 86.8 Å². The average Bonchev–Trinajstić information content (AvgIpc) is 3.63. The van der Waals surface area contributed by atoms with Gasteiger partial charge in [0, 0.05) is 75.7 Å². The molecule has 1 amide bonds. The van der Waals surface area contributed by atoms with Gasteiger partial charge in [-0.25, -0.2) is 9.18 Å². The number of benzene rings is 2. The zero-order chi connectivity index (χ0) is 31.2. The summed E-state index contributed by atoms with van der Waals surface area (Å²) in [7, 11) is 3.05. The van der Waals surface area contributed by atoms with Crippen molar-refractivity contribution < 1.29 is 33.2 Å². The van der Waals surface area contributed by atoms with Gasteiger partial charge >= 0.3 is 6.09 Å². The van der Waals surface area contributed by atoms with E-state index in [4.69, 9.17) is 18.9 Å². The van der Waals surface area contributed by atoms with E-state index in [-0.39, 0.29) is 36.5 Å². The number of amides is 1. The first-order valence-electron chi connectivity index (χ1n) is 15.2. The molecule has 2 aliphatic heterocycles. The number of nitrogens with zero attached hydrogens (tertiary/aromatic N) is 2. The van der Waals surface area contributed by atoms with Crippen LogP contribution in [0.1, 0.15) is 81.5 Å². The van der Waals surface area contributed by atoms with E-state index in [9.17, 15) is 9.90 Å². The van der Waals surface area contributed by atoms with E-state index in [1.165, 1.54) is 25.9 Å². The van der Waals surface area contributed by atoms with Gasteiger partial charge in [0.1, 0.15) is 17.3 Å². The quantitative estimate of drug-likeness (QED) is 0.293. The Morgan fingerprint density at radius 1 is 1.07 bits per heavy atom. The van der Waals surface area contributed by atoms with Crippen molar-refractivity contribution in [3.8, 4) is 22.6 Å². The van der Waals surface area contributed by atoms with Gasteiger partial charge in [-0.2, -0.15) is 0 Å². The van der Waals surface area contributed by atoms with Crippen LogP contribution in [-0.2, 0) is 14.2 Å². The number of piperazine rings is 1. The number of fused-ring (bicyclic) bond motifs is 2. The van der Waals surface area contributed by atoms with Crippen LogP contribution in [0.4, 0.5) is 9.18 Å². The summed E-state index contributed by atoms with van der Waals surface area (Å²) in [6.45, 7) is 12.7. The highest BCUT2D eigenvalue weighted by Gasteiger charge is 2.48. The number of halogens is 1. The van der Waals surface area contributed by atoms with Gasteiger partial charge in [-0.1, -0.05) is 6.92 Å². The number of rotatable bonds is 10. The molecule has 9 heteroatoms. The molecule has 0 aromatic heterocycles. The summed E-state index contributed by atoms with van der Waals surface area (Å²) in [4.78, 5) is 17.2. The van der Waals surface area contributed by atoms with Gasteiger partial charge < -0.3 is 33.9 Å². The number of aromatic hydroxyl groups is 1. The molecule has 2 aromatic rings. The zero-order valence-electron chi connectivity index (χ0n) is 26.7. The summed E-state index contributed by atoms with van der Waals surface area (Å²) in [6, 6.07) is 5.53. The number of ether oxygens (including phenoxy) is 4. The Balaban J connectivity index is 1.54. The van der Waals surface area contributed by atoms with Crippen LogP contribution in [0.2, 0.25) is 0 Å². The fraction of sp³-hybridized carbons (Fsp3) is 0.559. The molecule has 43 heavy (non-hydrogen) atoms. The van der Waals surface area contributed by atoms with Crippen LogP contribution in [0.25, 0.3) is 16.8 Å². The molecule has 234 valence electrons. The number of allylic oxidation sites excluding steroid dienone is 1. The van der Waals surface area contributed by atoms with Gasteiger partial charge in [0.05, 0.1) is 6.04 Å². The first-order chi connectivity index (χ1) is 20.4. The van der Waals surface area contributed by atoms with Gasteiger partial charge in [0.15, 0.2) is 6.79 Å². The van der Waals surface area contributed by atoms with E-state index in [0.29, 0.717) is 41.4 Å². The smallest absolute Gasteiger partial charge is 0.412 e. The molecule has 2 saturated heterocycles. The number of hydrogen-bond donors (Lipinski definition) is 1. The largest absolute Gasteiger partial charge is 0.507 e. The topological polar surface area (TPSA) is 80.7 Å². The lowest BCUT2D eigenvalue weighted by atomic mass is 9.86. The molecule has 3 aliphatic rings. The third-order valence-electron chi connectivity index (χ3n) is 9.31. The molecule has 2 aromatic carbocycles. The average molecular weight is 597 g/mol. The Labute approximate surface area is 254 Å². The maximum atomic E-state index is 15.1. The number of phenolic OH excluding ortho intramolecular Hbond substituents is 1. The van der Waals surface area contributed by atoms with Crippen molar-refractivity contribution in [1.82, 2.24) is 9.80 Å². The third-order valence-corrected chi connectivity index (χ3v) is 9.31. The van der Waals surface area contributed by atoms with Crippen LogP contribution < -0.4 is 4.74 Å². The van der Waals surface area contributed by atoms with Crippen molar-refractivity contribution in [1.29, 1.82) is 0 Å². The van der Waals surface area contributed by atoms with Crippen LogP contribution in [-0.4, -0.2) is 73.0 Å². The highest BCUT2D eigenvalue weighted by molar-refractivity contribution is 5.84. The maximum Gasteiger partial charge on any atom is 0.412 e. The molecule has 2 heterocycles. The van der Waals surface area contributed by atoms with Crippen molar-refractivity contribution in [3.63, 3.8) is 0 Å². The second-order valence-corrected chi connectivity index (χ2v) is 12.6. The van der Waals surface area contributed by atoms with Crippen molar-refractivity contribution >= 4 is 11.8 Å². The Morgan fingerprint density at radius 2 is 1.74 bits per heavy atom. The van der Waals surface area contributed by atoms with E-state index in [0.717, 1.165) is 48.1 Å². The number of methoxy groups -OCH3 is 2. The summed E-state index contributed by atoms with van der Waals surface area (Å²) < 4.78 is 36.7. The van der Waals surface area contributed by atoms with Crippen LogP contribution in [0, 0.1) is 19.7 Å². The second-order valence-electron chi connectivity index (χ2n) is 12.6. The second kappa shape index (κ2) is 12.0. The molecule has 5 rings (SSSR count). The lowest BCUT2D eigenvalue weighted by Crippen LogP contribution is -2.50. The van der Waals surface area contributed by atoms with E-state index in [1.54, 1.807) is 26.8 Å². The van der Waals surface area contributed by atoms with Crippen molar-refractivity contribution in [2.24, 2.45) is 0 Å². The van der Waals surface area contributed by atoms with E-state index in [2.05, 4.69) is 24.8 Å². The highest BCUT2D eigenvalue weighted by Crippen LogP contribution is 2.52. The molecule has 3 fully saturated rings. The van der Waals surface area contributed by atoms with Crippen LogP contribution in [0.15, 0.2) is 23.8 Å². The Kier molecular flexibility index (Phi) is 8.69. The van der Waals surface area contributed by atoms with Crippen molar-refractivity contribution in [2.45, 2.75) is 91.0 Å². The minimum absolute atomic E-state index is 0.00308. The predicted octanol–water partition coefficient (Wildman–Crippen LogP) is 7.09. The summed E-state index contributed by atoms with van der Waals surface area (Å²) in [5, 5.41) is 11.9. The maximum absolute atomic E-state index is 15.1. The fourth-order valence-corrected chi connectivity index (χ4v) is 6.43. The van der Waals surface area contributed by atoms with Gasteiger partial charge in [-0.15, -0.1) is 0 Å². The molecule has 1 N–H and O–H groups in total. The number of likely N-dealkylation sites (tertiary alicyclic amines) is 2. The fourth-order valence-electron chi connectivity index (χ4n) is 6.43. The highest BCUT2D eigenvalue weighted by atomic mass is 19.1. The summed E-state index contributed by atoms with van der Waals surface area (Å²) >= 11 is 0. The molecule has 0 spiro atoms. The zero-order valence-corrected chi connectivity index (χ0v) is 26.7. The van der Waals surface area contributed by atoms with E-state index < -0.39 is 5.79 Å². The monoisotopic (exact) mass is 596 g/mol. The van der Waals surface area contributed by atoms with Gasteiger partial charge in [0.25, 0.3) is 0 Å². The molecule has 8 nitrogen and oxygen atoms in total. The molecule has 0 radical (unpaired) electrons. The number of carbonyl (C=O) groups excluding carboxylic acids is 1.